The van der Waals surface area contributed by atoms with Crippen molar-refractivity contribution in [3.05, 3.63) is 70.4 Å². The molecule has 0 bridgehead atoms. The van der Waals surface area contributed by atoms with Gasteiger partial charge in [-0.15, -0.1) is 0 Å². The number of nitrogens with one attached hydrogen (secondary N) is 1. The molecular formula is C21H18ClN3O4S. The summed E-state index contributed by atoms with van der Waals surface area (Å²) in [5, 5.41) is 18.1. The lowest BCUT2D eigenvalue weighted by Crippen LogP contribution is -2.40. The maximum absolute atomic E-state index is 13.3. The van der Waals surface area contributed by atoms with Crippen LogP contribution in [0.5, 0.6) is 5.75 Å². The number of phenols is 1. The summed E-state index contributed by atoms with van der Waals surface area (Å²) in [4.78, 5) is 15.0. The van der Waals surface area contributed by atoms with Crippen LogP contribution in [-0.2, 0) is 9.84 Å². The average Bonchev–Trinajstić information content (AvgIpc) is 3.37. The summed E-state index contributed by atoms with van der Waals surface area (Å²) >= 11 is 6.06. The quantitative estimate of drug-likeness (QED) is 0.647. The van der Waals surface area contributed by atoms with Crippen molar-refractivity contribution in [2.75, 3.05) is 11.5 Å². The van der Waals surface area contributed by atoms with Crippen LogP contribution in [0.4, 0.5) is 0 Å². The number of nitrogens with zero attached hydrogens (tertiary/aromatic N) is 2. The zero-order valence-corrected chi connectivity index (χ0v) is 17.3. The van der Waals surface area contributed by atoms with E-state index in [2.05, 4.69) is 10.2 Å². The van der Waals surface area contributed by atoms with Crippen LogP contribution in [-0.4, -0.2) is 52.1 Å². The number of carbonyl (C=O) groups excluding carboxylic acids is 1. The van der Waals surface area contributed by atoms with Crippen molar-refractivity contribution in [2.45, 2.75) is 18.5 Å². The first kappa shape index (κ1) is 19.1. The van der Waals surface area contributed by atoms with Gasteiger partial charge in [0.05, 0.1) is 17.5 Å². The second-order valence-corrected chi connectivity index (χ2v) is 10.3. The Balaban J connectivity index is 1.69. The third kappa shape index (κ3) is 2.98. The molecule has 1 saturated heterocycles. The molecule has 9 heteroatoms. The number of aromatic hydroxyl groups is 1. The molecule has 0 saturated carbocycles. The molecule has 0 aliphatic carbocycles. The van der Waals surface area contributed by atoms with Crippen molar-refractivity contribution in [3.63, 3.8) is 0 Å². The molecule has 30 heavy (non-hydrogen) atoms. The lowest BCUT2D eigenvalue weighted by molar-refractivity contribution is 0.0678. The van der Waals surface area contributed by atoms with E-state index in [1.165, 1.54) is 0 Å². The number of rotatable bonds is 3. The van der Waals surface area contributed by atoms with Crippen molar-refractivity contribution in [1.82, 2.24) is 15.1 Å². The van der Waals surface area contributed by atoms with Gasteiger partial charge in [0.2, 0.25) is 0 Å². The normalized spacial score (nSPS) is 22.4. The van der Waals surface area contributed by atoms with Crippen LogP contribution >= 0.6 is 11.6 Å². The lowest BCUT2D eigenvalue weighted by atomic mass is 9.95. The number of amides is 1. The number of benzene rings is 2. The molecule has 5 rings (SSSR count). The van der Waals surface area contributed by atoms with Crippen molar-refractivity contribution in [3.8, 4) is 17.0 Å². The highest BCUT2D eigenvalue weighted by molar-refractivity contribution is 7.91. The summed E-state index contributed by atoms with van der Waals surface area (Å²) in [5.74, 6) is -0.239. The molecule has 2 N–H and O–H groups in total. The molecule has 1 amide bonds. The lowest BCUT2D eigenvalue weighted by Gasteiger charge is -2.31. The molecule has 7 nitrogen and oxygen atoms in total. The van der Waals surface area contributed by atoms with E-state index in [1.807, 2.05) is 12.1 Å². The summed E-state index contributed by atoms with van der Waals surface area (Å²) in [6.07, 6.45) is 0.391. The van der Waals surface area contributed by atoms with Gasteiger partial charge in [-0.1, -0.05) is 35.9 Å². The SMILES string of the molecule is O=C1c2[nH]nc(-c3ccccc3O)c2[C@@H](c2ccc(Cl)cc2)N1[C@H]1CCS(=O)(=O)C1. The average molecular weight is 444 g/mol. The van der Waals surface area contributed by atoms with E-state index >= 15 is 0 Å². The first-order valence-electron chi connectivity index (χ1n) is 9.51. The molecular weight excluding hydrogens is 426 g/mol. The Kier molecular flexibility index (Phi) is 4.37. The summed E-state index contributed by atoms with van der Waals surface area (Å²) in [6, 6.07) is 13.0. The zero-order valence-electron chi connectivity index (χ0n) is 15.7. The molecule has 2 aromatic carbocycles. The van der Waals surface area contributed by atoms with E-state index in [4.69, 9.17) is 11.6 Å². The minimum atomic E-state index is -3.19. The van der Waals surface area contributed by atoms with Gasteiger partial charge in [-0.3, -0.25) is 9.89 Å². The Bertz CT molecular complexity index is 1250. The van der Waals surface area contributed by atoms with Gasteiger partial charge >= 0.3 is 0 Å². The minimum Gasteiger partial charge on any atom is -0.507 e. The molecule has 3 aromatic rings. The van der Waals surface area contributed by atoms with Gasteiger partial charge in [0.25, 0.3) is 5.91 Å². The van der Waals surface area contributed by atoms with Crippen LogP contribution in [0.15, 0.2) is 48.5 Å². The Morgan fingerprint density at radius 3 is 2.53 bits per heavy atom. The van der Waals surface area contributed by atoms with Crippen LogP contribution < -0.4 is 0 Å². The largest absolute Gasteiger partial charge is 0.507 e. The van der Waals surface area contributed by atoms with E-state index in [1.54, 1.807) is 41.3 Å². The molecule has 1 aromatic heterocycles. The van der Waals surface area contributed by atoms with Gasteiger partial charge in [0.15, 0.2) is 9.84 Å². The van der Waals surface area contributed by atoms with Crippen LogP contribution in [0.25, 0.3) is 11.3 Å². The van der Waals surface area contributed by atoms with Gasteiger partial charge < -0.3 is 10.0 Å². The number of aromatic nitrogens is 2. The van der Waals surface area contributed by atoms with E-state index in [9.17, 15) is 18.3 Å². The molecule has 1 fully saturated rings. The number of hydrogen-bond acceptors (Lipinski definition) is 5. The predicted molar refractivity (Wildman–Crippen MR) is 112 cm³/mol. The van der Waals surface area contributed by atoms with Gasteiger partial charge in [0, 0.05) is 22.2 Å². The fourth-order valence-corrected chi connectivity index (χ4v) is 6.23. The Labute approximate surface area is 178 Å². The summed E-state index contributed by atoms with van der Waals surface area (Å²) in [5.41, 5.74) is 2.72. The molecule has 3 heterocycles. The van der Waals surface area contributed by atoms with Crippen molar-refractivity contribution >= 4 is 27.3 Å². The summed E-state index contributed by atoms with van der Waals surface area (Å²) in [6.45, 7) is 0. The Morgan fingerprint density at radius 1 is 1.13 bits per heavy atom. The summed E-state index contributed by atoms with van der Waals surface area (Å²) < 4.78 is 24.3. The van der Waals surface area contributed by atoms with Crippen LogP contribution in [0.3, 0.4) is 0 Å². The van der Waals surface area contributed by atoms with E-state index in [-0.39, 0.29) is 23.2 Å². The number of halogens is 1. The van der Waals surface area contributed by atoms with Crippen molar-refractivity contribution in [1.29, 1.82) is 0 Å². The third-order valence-electron chi connectivity index (χ3n) is 5.75. The fraction of sp³-hybridized carbons (Fsp3) is 0.238. The monoisotopic (exact) mass is 443 g/mol. The van der Waals surface area contributed by atoms with Gasteiger partial charge in [-0.2, -0.15) is 5.10 Å². The van der Waals surface area contributed by atoms with Crippen molar-refractivity contribution in [2.24, 2.45) is 0 Å². The summed E-state index contributed by atoms with van der Waals surface area (Å²) in [7, 11) is -3.19. The van der Waals surface area contributed by atoms with E-state index < -0.39 is 21.9 Å². The molecule has 154 valence electrons. The molecule has 0 spiro atoms. The molecule has 0 radical (unpaired) electrons. The third-order valence-corrected chi connectivity index (χ3v) is 7.75. The highest BCUT2D eigenvalue weighted by Crippen LogP contribution is 2.46. The molecule has 2 atom stereocenters. The van der Waals surface area contributed by atoms with E-state index in [0.717, 1.165) is 5.56 Å². The van der Waals surface area contributed by atoms with Gasteiger partial charge in [-0.25, -0.2) is 8.42 Å². The molecule has 2 aliphatic heterocycles. The number of para-hydroxylation sites is 1. The van der Waals surface area contributed by atoms with Gasteiger partial charge in [0.1, 0.15) is 17.1 Å². The number of fused-ring (bicyclic) bond motifs is 1. The van der Waals surface area contributed by atoms with Crippen LogP contribution in [0.1, 0.15) is 34.1 Å². The number of sulfone groups is 1. The number of phenolic OH excluding ortho intramolecular Hbond substituents is 1. The highest BCUT2D eigenvalue weighted by atomic mass is 35.5. The number of carbonyl (C=O) groups is 1. The fourth-order valence-electron chi connectivity index (χ4n) is 4.39. The van der Waals surface area contributed by atoms with Crippen LogP contribution in [0.2, 0.25) is 5.02 Å². The minimum absolute atomic E-state index is 0.0519. The topological polar surface area (TPSA) is 103 Å². The highest BCUT2D eigenvalue weighted by Gasteiger charge is 2.48. The first-order chi connectivity index (χ1) is 14.4. The van der Waals surface area contributed by atoms with Crippen molar-refractivity contribution < 1.29 is 18.3 Å². The zero-order chi connectivity index (χ0) is 21.0. The maximum atomic E-state index is 13.3. The second kappa shape index (κ2) is 6.85. The number of hydrogen-bond donors (Lipinski definition) is 2. The maximum Gasteiger partial charge on any atom is 0.273 e. The number of H-pyrrole nitrogens is 1. The van der Waals surface area contributed by atoms with Gasteiger partial charge in [-0.05, 0) is 36.2 Å². The number of aromatic amines is 1. The smallest absolute Gasteiger partial charge is 0.273 e. The predicted octanol–water partition coefficient (Wildman–Crippen LogP) is 3.17. The first-order valence-corrected chi connectivity index (χ1v) is 11.7. The molecule has 2 aliphatic rings. The molecule has 0 unspecified atom stereocenters. The second-order valence-electron chi connectivity index (χ2n) is 7.60. The standard InChI is InChI=1S/C21H18ClN3O4S/c22-13-7-5-12(6-8-13)20-17-18(15-3-1-2-4-16(15)26)23-24-19(17)21(27)25(20)14-9-10-30(28,29)11-14/h1-8,14,20,26H,9-11H2,(H,23,24)/t14-,20+/m0/s1. The van der Waals surface area contributed by atoms with E-state index in [0.29, 0.717) is 34.0 Å². The Morgan fingerprint density at radius 2 is 1.87 bits per heavy atom. The Hall–Kier alpha value is -2.84. The van der Waals surface area contributed by atoms with Crippen LogP contribution in [0, 0.1) is 0 Å².